The lowest BCUT2D eigenvalue weighted by molar-refractivity contribution is -0.114. The van der Waals surface area contributed by atoms with Gasteiger partial charge in [-0.1, -0.05) is 54.6 Å². The van der Waals surface area contributed by atoms with Crippen molar-refractivity contribution in [2.45, 2.75) is 19.3 Å². The Kier molecular flexibility index (Phi) is 3.28. The summed E-state index contributed by atoms with van der Waals surface area (Å²) >= 11 is 0. The van der Waals surface area contributed by atoms with Crippen LogP contribution >= 0.6 is 0 Å². The van der Waals surface area contributed by atoms with Crippen LogP contribution in [0, 0.1) is 0 Å². The maximum atomic E-state index is 11.5. The normalized spacial score (nSPS) is 15.2. The lowest BCUT2D eigenvalue weighted by atomic mass is 9.92. The number of allylic oxidation sites excluding steroid dienone is 2. The van der Waals surface area contributed by atoms with Crippen LogP contribution in [0.5, 0.6) is 0 Å². The average molecular weight is 248 g/mol. The largest absolute Gasteiger partial charge is 0.295 e. The van der Waals surface area contributed by atoms with Gasteiger partial charge in [-0.05, 0) is 41.2 Å². The van der Waals surface area contributed by atoms with Crippen LogP contribution in [0.25, 0.3) is 16.7 Å². The molecule has 0 amide bonds. The van der Waals surface area contributed by atoms with Crippen molar-refractivity contribution >= 4 is 11.4 Å². The first-order chi connectivity index (χ1) is 9.33. The summed E-state index contributed by atoms with van der Waals surface area (Å²) in [7, 11) is 0. The van der Waals surface area contributed by atoms with Crippen molar-refractivity contribution in [3.8, 4) is 11.1 Å². The third kappa shape index (κ3) is 2.65. The average Bonchev–Trinajstić information content (AvgIpc) is 2.48. The molecule has 0 N–H and O–H groups in total. The second-order valence-corrected chi connectivity index (χ2v) is 4.93. The SMILES string of the molecule is O=C1C=C(c2ccc(-c3ccccc3)cc2)CCC1. The summed E-state index contributed by atoms with van der Waals surface area (Å²) in [5, 5.41) is 0. The molecule has 0 spiro atoms. The van der Waals surface area contributed by atoms with Gasteiger partial charge in [0.05, 0.1) is 0 Å². The number of benzene rings is 2. The van der Waals surface area contributed by atoms with Crippen molar-refractivity contribution in [3.63, 3.8) is 0 Å². The van der Waals surface area contributed by atoms with E-state index in [1.54, 1.807) is 6.08 Å². The van der Waals surface area contributed by atoms with Gasteiger partial charge >= 0.3 is 0 Å². The molecule has 19 heavy (non-hydrogen) atoms. The summed E-state index contributed by atoms with van der Waals surface area (Å²) in [6.07, 6.45) is 4.49. The topological polar surface area (TPSA) is 17.1 Å². The molecule has 0 unspecified atom stereocenters. The van der Waals surface area contributed by atoms with Gasteiger partial charge in [-0.3, -0.25) is 4.79 Å². The zero-order valence-corrected chi connectivity index (χ0v) is 10.8. The van der Waals surface area contributed by atoms with E-state index in [9.17, 15) is 4.79 Å². The Balaban J connectivity index is 1.89. The van der Waals surface area contributed by atoms with Crippen LogP contribution in [0.3, 0.4) is 0 Å². The second-order valence-electron chi connectivity index (χ2n) is 4.93. The number of rotatable bonds is 2. The zero-order valence-electron chi connectivity index (χ0n) is 10.8. The van der Waals surface area contributed by atoms with Gasteiger partial charge < -0.3 is 0 Å². The summed E-state index contributed by atoms with van der Waals surface area (Å²) in [6, 6.07) is 18.8. The lowest BCUT2D eigenvalue weighted by Gasteiger charge is -2.12. The highest BCUT2D eigenvalue weighted by Crippen LogP contribution is 2.27. The Hall–Kier alpha value is -2.15. The Morgan fingerprint density at radius 2 is 1.32 bits per heavy atom. The first-order valence-electron chi connectivity index (χ1n) is 6.72. The van der Waals surface area contributed by atoms with Crippen molar-refractivity contribution in [1.29, 1.82) is 0 Å². The van der Waals surface area contributed by atoms with Gasteiger partial charge in [-0.2, -0.15) is 0 Å². The van der Waals surface area contributed by atoms with Crippen LogP contribution in [0.1, 0.15) is 24.8 Å². The van der Waals surface area contributed by atoms with E-state index in [0.29, 0.717) is 6.42 Å². The minimum atomic E-state index is 0.258. The zero-order chi connectivity index (χ0) is 13.1. The molecular weight excluding hydrogens is 232 g/mol. The third-order valence-corrected chi connectivity index (χ3v) is 3.57. The molecular formula is C18H16O. The van der Waals surface area contributed by atoms with E-state index in [1.165, 1.54) is 22.3 Å². The van der Waals surface area contributed by atoms with E-state index in [1.807, 2.05) is 18.2 Å². The highest BCUT2D eigenvalue weighted by molar-refractivity contribution is 5.98. The summed E-state index contributed by atoms with van der Waals surface area (Å²) in [5.74, 6) is 0.258. The molecule has 94 valence electrons. The fourth-order valence-electron chi connectivity index (χ4n) is 2.53. The number of hydrogen-bond donors (Lipinski definition) is 0. The summed E-state index contributed by atoms with van der Waals surface area (Å²) in [5.41, 5.74) is 4.79. The minimum Gasteiger partial charge on any atom is -0.295 e. The second kappa shape index (κ2) is 5.23. The molecule has 3 rings (SSSR count). The predicted molar refractivity (Wildman–Crippen MR) is 78.7 cm³/mol. The van der Waals surface area contributed by atoms with Gasteiger partial charge in [0.25, 0.3) is 0 Å². The van der Waals surface area contributed by atoms with Crippen molar-refractivity contribution in [2.24, 2.45) is 0 Å². The smallest absolute Gasteiger partial charge is 0.155 e. The van der Waals surface area contributed by atoms with Gasteiger partial charge in [-0.25, -0.2) is 0 Å². The molecule has 0 radical (unpaired) electrons. The Morgan fingerprint density at radius 1 is 0.684 bits per heavy atom. The van der Waals surface area contributed by atoms with Gasteiger partial charge in [-0.15, -0.1) is 0 Å². The monoisotopic (exact) mass is 248 g/mol. The molecule has 0 fully saturated rings. The number of hydrogen-bond acceptors (Lipinski definition) is 1. The van der Waals surface area contributed by atoms with E-state index >= 15 is 0 Å². The molecule has 0 saturated carbocycles. The van der Waals surface area contributed by atoms with Crippen LogP contribution in [-0.4, -0.2) is 5.78 Å². The molecule has 0 bridgehead atoms. The van der Waals surface area contributed by atoms with Crippen LogP contribution in [0.4, 0.5) is 0 Å². The molecule has 1 heteroatoms. The van der Waals surface area contributed by atoms with E-state index in [4.69, 9.17) is 0 Å². The standard InChI is InChI=1S/C18H16O/c19-18-8-4-7-17(13-18)16-11-9-15(10-12-16)14-5-2-1-3-6-14/h1-3,5-6,9-13H,4,7-8H2. The van der Waals surface area contributed by atoms with E-state index < -0.39 is 0 Å². The summed E-state index contributed by atoms with van der Waals surface area (Å²) in [6.45, 7) is 0. The Morgan fingerprint density at radius 3 is 2.00 bits per heavy atom. The maximum absolute atomic E-state index is 11.5. The molecule has 0 saturated heterocycles. The molecule has 0 aromatic heterocycles. The Bertz CT molecular complexity index is 606. The number of carbonyl (C=O) groups excluding carboxylic acids is 1. The molecule has 0 heterocycles. The highest BCUT2D eigenvalue weighted by Gasteiger charge is 2.11. The molecule has 1 aliphatic rings. The molecule has 0 aliphatic heterocycles. The highest BCUT2D eigenvalue weighted by atomic mass is 16.1. The predicted octanol–water partition coefficient (Wildman–Crippen LogP) is 4.49. The molecule has 2 aromatic rings. The van der Waals surface area contributed by atoms with Gasteiger partial charge in [0.1, 0.15) is 0 Å². The quantitative estimate of drug-likeness (QED) is 0.765. The maximum Gasteiger partial charge on any atom is 0.155 e. The Labute approximate surface area is 113 Å². The van der Waals surface area contributed by atoms with Crippen molar-refractivity contribution < 1.29 is 4.79 Å². The van der Waals surface area contributed by atoms with Crippen molar-refractivity contribution in [2.75, 3.05) is 0 Å². The van der Waals surface area contributed by atoms with Gasteiger partial charge in [0.15, 0.2) is 5.78 Å². The molecule has 1 aliphatic carbocycles. The fourth-order valence-corrected chi connectivity index (χ4v) is 2.53. The van der Waals surface area contributed by atoms with Crippen LogP contribution < -0.4 is 0 Å². The van der Waals surface area contributed by atoms with E-state index in [-0.39, 0.29) is 5.78 Å². The molecule has 0 atom stereocenters. The number of carbonyl (C=O) groups is 1. The van der Waals surface area contributed by atoms with Crippen LogP contribution in [0.2, 0.25) is 0 Å². The summed E-state index contributed by atoms with van der Waals surface area (Å²) in [4.78, 5) is 11.5. The molecule has 2 aromatic carbocycles. The van der Waals surface area contributed by atoms with E-state index in [0.717, 1.165) is 12.8 Å². The first-order valence-corrected chi connectivity index (χ1v) is 6.72. The fraction of sp³-hybridized carbons (Fsp3) is 0.167. The van der Waals surface area contributed by atoms with Crippen LogP contribution in [0.15, 0.2) is 60.7 Å². The van der Waals surface area contributed by atoms with Gasteiger partial charge in [0, 0.05) is 6.42 Å². The first kappa shape index (κ1) is 11.9. The van der Waals surface area contributed by atoms with Gasteiger partial charge in [0.2, 0.25) is 0 Å². The third-order valence-electron chi connectivity index (χ3n) is 3.57. The lowest BCUT2D eigenvalue weighted by Crippen LogP contribution is -2.01. The van der Waals surface area contributed by atoms with Crippen molar-refractivity contribution in [3.05, 3.63) is 66.2 Å². The minimum absolute atomic E-state index is 0.258. The van der Waals surface area contributed by atoms with Crippen LogP contribution in [-0.2, 0) is 4.79 Å². The van der Waals surface area contributed by atoms with Crippen molar-refractivity contribution in [1.82, 2.24) is 0 Å². The summed E-state index contributed by atoms with van der Waals surface area (Å²) < 4.78 is 0. The molecule has 1 nitrogen and oxygen atoms in total. The number of ketones is 1. The van der Waals surface area contributed by atoms with E-state index in [2.05, 4.69) is 36.4 Å².